The van der Waals surface area contributed by atoms with E-state index in [4.69, 9.17) is 4.74 Å². The smallest absolute Gasteiger partial charge is 0.273 e. The van der Waals surface area contributed by atoms with Crippen molar-refractivity contribution in [1.82, 2.24) is 10.2 Å². The highest BCUT2D eigenvalue weighted by atomic mass is 16.6. The van der Waals surface area contributed by atoms with Crippen LogP contribution in [0.15, 0.2) is 18.2 Å². The van der Waals surface area contributed by atoms with Crippen molar-refractivity contribution in [2.24, 2.45) is 0 Å². The van der Waals surface area contributed by atoms with Crippen LogP contribution in [0.2, 0.25) is 0 Å². The molecule has 0 radical (unpaired) electrons. The molecule has 2 atom stereocenters. The van der Waals surface area contributed by atoms with E-state index in [0.29, 0.717) is 17.8 Å². The maximum absolute atomic E-state index is 11.0. The number of non-ortho nitro benzene ring substituents is 1. The van der Waals surface area contributed by atoms with Crippen LogP contribution in [0.3, 0.4) is 0 Å². The number of rotatable bonds is 4. The van der Waals surface area contributed by atoms with E-state index in [1.54, 1.807) is 6.07 Å². The molecule has 6 heteroatoms. The van der Waals surface area contributed by atoms with Crippen LogP contribution in [-0.4, -0.2) is 42.1 Å². The van der Waals surface area contributed by atoms with Gasteiger partial charge in [-0.05, 0) is 30.9 Å². The van der Waals surface area contributed by atoms with E-state index in [1.165, 1.54) is 26.0 Å². The lowest BCUT2D eigenvalue weighted by Crippen LogP contribution is -2.34. The fourth-order valence-corrected chi connectivity index (χ4v) is 3.38. The molecule has 114 valence electrons. The second-order valence-electron chi connectivity index (χ2n) is 5.96. The highest BCUT2D eigenvalue weighted by molar-refractivity contribution is 5.42. The Morgan fingerprint density at radius 2 is 2.14 bits per heavy atom. The second kappa shape index (κ2) is 5.99. The zero-order valence-electron chi connectivity index (χ0n) is 12.2. The molecule has 2 aliphatic rings. The van der Waals surface area contributed by atoms with Crippen LogP contribution in [0.4, 0.5) is 5.69 Å². The minimum atomic E-state index is -0.363. The fourth-order valence-electron chi connectivity index (χ4n) is 3.38. The predicted octanol–water partition coefficient (Wildman–Crippen LogP) is 1.93. The Bertz CT molecular complexity index is 535. The Balaban J connectivity index is 1.74. The number of ether oxygens (including phenoxy) is 1. The highest BCUT2D eigenvalue weighted by Crippen LogP contribution is 2.25. The van der Waals surface area contributed by atoms with Crippen LogP contribution < -0.4 is 10.1 Å². The van der Waals surface area contributed by atoms with E-state index in [9.17, 15) is 10.1 Å². The number of nitrogens with zero attached hydrogens (tertiary/aromatic N) is 2. The molecule has 0 saturated carbocycles. The number of nitro groups is 1. The van der Waals surface area contributed by atoms with Crippen molar-refractivity contribution in [3.05, 3.63) is 33.9 Å². The third kappa shape index (κ3) is 3.33. The lowest BCUT2D eigenvalue weighted by molar-refractivity contribution is -0.385. The second-order valence-corrected chi connectivity index (χ2v) is 5.96. The minimum Gasteiger partial charge on any atom is -0.496 e. The molecule has 1 N–H and O–H groups in total. The summed E-state index contributed by atoms with van der Waals surface area (Å²) in [6, 6.07) is 6.23. The number of nitro benzene ring substituents is 1. The van der Waals surface area contributed by atoms with Gasteiger partial charge in [-0.1, -0.05) is 0 Å². The molecule has 2 unspecified atom stereocenters. The summed E-state index contributed by atoms with van der Waals surface area (Å²) in [4.78, 5) is 13.0. The number of hydrogen-bond acceptors (Lipinski definition) is 5. The molecule has 2 saturated heterocycles. The molecule has 2 aliphatic heterocycles. The van der Waals surface area contributed by atoms with Gasteiger partial charge in [-0.2, -0.15) is 0 Å². The third-order valence-electron chi connectivity index (χ3n) is 4.41. The van der Waals surface area contributed by atoms with Gasteiger partial charge in [0, 0.05) is 37.8 Å². The number of methoxy groups -OCH3 is 1. The van der Waals surface area contributed by atoms with Crippen molar-refractivity contribution >= 4 is 5.69 Å². The number of hydrogen-bond donors (Lipinski definition) is 1. The van der Waals surface area contributed by atoms with Gasteiger partial charge in [0.25, 0.3) is 5.69 Å². The van der Waals surface area contributed by atoms with Crippen LogP contribution in [-0.2, 0) is 6.54 Å². The Labute approximate surface area is 124 Å². The largest absolute Gasteiger partial charge is 0.496 e. The van der Waals surface area contributed by atoms with Crippen molar-refractivity contribution in [1.29, 1.82) is 0 Å². The maximum Gasteiger partial charge on any atom is 0.273 e. The van der Waals surface area contributed by atoms with Crippen molar-refractivity contribution in [2.45, 2.75) is 37.9 Å². The highest BCUT2D eigenvalue weighted by Gasteiger charge is 2.29. The first-order chi connectivity index (χ1) is 10.1. The molecule has 21 heavy (non-hydrogen) atoms. The molecule has 3 rings (SSSR count). The Morgan fingerprint density at radius 1 is 1.33 bits per heavy atom. The molecular weight excluding hydrogens is 270 g/mol. The van der Waals surface area contributed by atoms with Gasteiger partial charge in [-0.15, -0.1) is 0 Å². The first-order valence-corrected chi connectivity index (χ1v) is 7.45. The minimum absolute atomic E-state index is 0.0961. The molecule has 0 aromatic heterocycles. The monoisotopic (exact) mass is 291 g/mol. The number of likely N-dealkylation sites (tertiary alicyclic amines) is 1. The molecule has 0 spiro atoms. The summed E-state index contributed by atoms with van der Waals surface area (Å²) in [7, 11) is 1.54. The molecular formula is C15H21N3O3. The average Bonchev–Trinajstić information content (AvgIpc) is 2.81. The van der Waals surface area contributed by atoms with Gasteiger partial charge in [-0.25, -0.2) is 0 Å². The van der Waals surface area contributed by atoms with Crippen LogP contribution >= 0.6 is 0 Å². The van der Waals surface area contributed by atoms with E-state index < -0.39 is 0 Å². The number of nitrogens with one attached hydrogen (secondary N) is 1. The lowest BCUT2D eigenvalue weighted by atomic mass is 10.1. The summed E-state index contributed by atoms with van der Waals surface area (Å²) in [5.74, 6) is 0.550. The summed E-state index contributed by atoms with van der Waals surface area (Å²) in [6.07, 6.45) is 3.67. The Hall–Kier alpha value is -1.66. The summed E-state index contributed by atoms with van der Waals surface area (Å²) in [6.45, 7) is 2.80. The zero-order valence-corrected chi connectivity index (χ0v) is 12.2. The molecule has 0 aliphatic carbocycles. The van der Waals surface area contributed by atoms with Gasteiger partial charge in [-0.3, -0.25) is 15.0 Å². The van der Waals surface area contributed by atoms with E-state index in [0.717, 1.165) is 31.6 Å². The van der Waals surface area contributed by atoms with Gasteiger partial charge in [0.05, 0.1) is 18.1 Å². The fraction of sp³-hybridized carbons (Fsp3) is 0.600. The van der Waals surface area contributed by atoms with Gasteiger partial charge >= 0.3 is 0 Å². The molecule has 0 amide bonds. The van der Waals surface area contributed by atoms with Gasteiger partial charge < -0.3 is 10.1 Å². The number of fused-ring (bicyclic) bond motifs is 2. The standard InChI is InChI=1S/C15H21N3O3/c1-21-15-7-11(6-14(8-15)18(19)20)9-17-5-4-12-2-3-13(10-17)16-12/h6-8,12-13,16H,2-5,9-10H2,1H3. The summed E-state index contributed by atoms with van der Waals surface area (Å²) in [5, 5.41) is 14.6. The van der Waals surface area contributed by atoms with Crippen molar-refractivity contribution in [2.75, 3.05) is 20.2 Å². The van der Waals surface area contributed by atoms with Crippen LogP contribution in [0, 0.1) is 10.1 Å². The lowest BCUT2D eigenvalue weighted by Gasteiger charge is -2.24. The van der Waals surface area contributed by atoms with E-state index in [2.05, 4.69) is 10.2 Å². The summed E-state index contributed by atoms with van der Waals surface area (Å²) in [5.41, 5.74) is 1.04. The average molecular weight is 291 g/mol. The van der Waals surface area contributed by atoms with Gasteiger partial charge in [0.1, 0.15) is 5.75 Å². The topological polar surface area (TPSA) is 67.6 Å². The Kier molecular flexibility index (Phi) is 4.07. The first-order valence-electron chi connectivity index (χ1n) is 7.45. The van der Waals surface area contributed by atoms with Crippen molar-refractivity contribution < 1.29 is 9.66 Å². The van der Waals surface area contributed by atoms with Gasteiger partial charge in [0.2, 0.25) is 0 Å². The molecule has 2 heterocycles. The summed E-state index contributed by atoms with van der Waals surface area (Å²) < 4.78 is 5.17. The molecule has 6 nitrogen and oxygen atoms in total. The zero-order chi connectivity index (χ0) is 14.8. The number of benzene rings is 1. The van der Waals surface area contributed by atoms with Crippen molar-refractivity contribution in [3.63, 3.8) is 0 Å². The quantitative estimate of drug-likeness (QED) is 0.678. The molecule has 1 aromatic rings. The molecule has 2 bridgehead atoms. The Morgan fingerprint density at radius 3 is 2.90 bits per heavy atom. The van der Waals surface area contributed by atoms with E-state index in [1.807, 2.05) is 6.07 Å². The summed E-state index contributed by atoms with van der Waals surface area (Å²) >= 11 is 0. The van der Waals surface area contributed by atoms with Crippen molar-refractivity contribution in [3.8, 4) is 5.75 Å². The van der Waals surface area contributed by atoms with Crippen LogP contribution in [0.1, 0.15) is 24.8 Å². The first kappa shape index (κ1) is 14.3. The molecule has 2 fully saturated rings. The van der Waals surface area contributed by atoms with Crippen LogP contribution in [0.25, 0.3) is 0 Å². The van der Waals surface area contributed by atoms with Crippen LogP contribution in [0.5, 0.6) is 5.75 Å². The van der Waals surface area contributed by atoms with E-state index >= 15 is 0 Å². The SMILES string of the molecule is COc1cc(CN2CCC3CCC(C2)N3)cc([N+](=O)[O-])c1. The molecule has 1 aromatic carbocycles. The van der Waals surface area contributed by atoms with Gasteiger partial charge in [0.15, 0.2) is 0 Å². The predicted molar refractivity (Wildman–Crippen MR) is 79.5 cm³/mol. The third-order valence-corrected chi connectivity index (χ3v) is 4.41. The maximum atomic E-state index is 11.0. The van der Waals surface area contributed by atoms with E-state index in [-0.39, 0.29) is 10.6 Å². The normalized spacial score (nSPS) is 25.6.